The number of nitrogens with one attached hydrogen (secondary N) is 1. The van der Waals surface area contributed by atoms with Crippen LogP contribution in [0.5, 0.6) is 0 Å². The number of esters is 1. The number of aryl methyl sites for hydroxylation is 2. The van der Waals surface area contributed by atoms with Crippen molar-refractivity contribution in [2.45, 2.75) is 19.9 Å². The lowest BCUT2D eigenvalue weighted by Crippen LogP contribution is -2.24. The highest BCUT2D eigenvalue weighted by Gasteiger charge is 2.17. The number of nitrogens with zero attached hydrogens (tertiary/aromatic N) is 4. The second-order valence-corrected chi connectivity index (χ2v) is 7.03. The molecule has 1 aromatic carbocycles. The van der Waals surface area contributed by atoms with Gasteiger partial charge in [0.25, 0.3) is 0 Å². The van der Waals surface area contributed by atoms with E-state index in [1.54, 1.807) is 29.2 Å². The van der Waals surface area contributed by atoms with E-state index in [9.17, 15) is 14.9 Å². The van der Waals surface area contributed by atoms with E-state index in [-0.39, 0.29) is 28.3 Å². The van der Waals surface area contributed by atoms with Gasteiger partial charge in [0.15, 0.2) is 0 Å². The Bertz CT molecular complexity index is 1180. The molecule has 0 bridgehead atoms. The number of carbonyl (C=O) groups is 1. The lowest BCUT2D eigenvalue weighted by atomic mass is 10.1. The minimum Gasteiger partial charge on any atom is -0.469 e. The van der Waals surface area contributed by atoms with Crippen LogP contribution in [0.25, 0.3) is 11.0 Å². The van der Waals surface area contributed by atoms with E-state index in [0.717, 1.165) is 11.0 Å². The zero-order valence-corrected chi connectivity index (χ0v) is 17.0. The van der Waals surface area contributed by atoms with Crippen LogP contribution in [0.15, 0.2) is 35.3 Å². The Kier molecular flexibility index (Phi) is 5.89. The van der Waals surface area contributed by atoms with Gasteiger partial charge in [-0.2, -0.15) is 5.26 Å². The topological polar surface area (TPSA) is 102 Å². The van der Waals surface area contributed by atoms with E-state index >= 15 is 0 Å². The molecule has 0 spiro atoms. The lowest BCUT2D eigenvalue weighted by Gasteiger charge is -2.11. The molecule has 2 heterocycles. The Morgan fingerprint density at radius 1 is 1.38 bits per heavy atom. The van der Waals surface area contributed by atoms with Gasteiger partial charge >= 0.3 is 11.7 Å². The van der Waals surface area contributed by atoms with Crippen LogP contribution in [0.3, 0.4) is 0 Å². The van der Waals surface area contributed by atoms with Crippen LogP contribution in [0.1, 0.15) is 18.9 Å². The summed E-state index contributed by atoms with van der Waals surface area (Å²) in [5.41, 5.74) is 2.77. The largest absolute Gasteiger partial charge is 0.469 e. The van der Waals surface area contributed by atoms with E-state index in [2.05, 4.69) is 10.3 Å². The van der Waals surface area contributed by atoms with Crippen molar-refractivity contribution in [2.75, 3.05) is 12.4 Å². The first-order valence-electron chi connectivity index (χ1n) is 8.96. The number of anilines is 2. The number of imidazole rings is 1. The van der Waals surface area contributed by atoms with Crippen LogP contribution >= 0.6 is 11.6 Å². The fourth-order valence-electron chi connectivity index (χ4n) is 3.15. The Balaban J connectivity index is 1.97. The maximum Gasteiger partial charge on any atom is 0.328 e. The summed E-state index contributed by atoms with van der Waals surface area (Å²) in [6.45, 7) is 2.14. The monoisotopic (exact) mass is 413 g/mol. The average Bonchev–Trinajstić information content (AvgIpc) is 2.95. The fraction of sp³-hybridized carbons (Fsp3) is 0.300. The highest BCUT2D eigenvalue weighted by Crippen LogP contribution is 2.27. The van der Waals surface area contributed by atoms with Crippen LogP contribution in [-0.4, -0.2) is 27.2 Å². The summed E-state index contributed by atoms with van der Waals surface area (Å²) in [6.07, 6.45) is 1.98. The zero-order chi connectivity index (χ0) is 21.1. The maximum absolute atomic E-state index is 12.7. The Morgan fingerprint density at radius 3 is 2.83 bits per heavy atom. The number of methoxy groups -OCH3 is 1. The molecule has 0 fully saturated rings. The molecule has 0 saturated carbocycles. The standard InChI is InChI=1S/C20H20ClN5O3/c1-12(19(27)29-3)7-9-26-17-10-13(4-5-16(17)25(2)20(26)28)24-15-6-8-23-18(21)14(15)11-22/h4-6,8,10,12H,7,9H2,1-3H3,(H,23,24). The number of nitriles is 1. The molecule has 8 nitrogen and oxygen atoms in total. The smallest absolute Gasteiger partial charge is 0.328 e. The molecule has 150 valence electrons. The van der Waals surface area contributed by atoms with Gasteiger partial charge in [0.05, 0.1) is 29.7 Å². The van der Waals surface area contributed by atoms with Crippen LogP contribution in [-0.2, 0) is 23.1 Å². The number of hydrogen-bond donors (Lipinski definition) is 1. The van der Waals surface area contributed by atoms with E-state index in [1.165, 1.54) is 13.3 Å². The second kappa shape index (κ2) is 8.37. The molecule has 0 radical (unpaired) electrons. The number of hydrogen-bond acceptors (Lipinski definition) is 6. The van der Waals surface area contributed by atoms with Crippen LogP contribution in [0.4, 0.5) is 11.4 Å². The van der Waals surface area contributed by atoms with Gasteiger partial charge in [0, 0.05) is 25.5 Å². The van der Waals surface area contributed by atoms with Crippen molar-refractivity contribution in [3.63, 3.8) is 0 Å². The first kappa shape index (κ1) is 20.4. The zero-order valence-electron chi connectivity index (χ0n) is 16.3. The van der Waals surface area contributed by atoms with Crippen LogP contribution in [0, 0.1) is 17.2 Å². The molecule has 0 amide bonds. The molecule has 0 aliphatic carbocycles. The molecule has 1 unspecified atom stereocenters. The third-order valence-electron chi connectivity index (χ3n) is 4.83. The number of aromatic nitrogens is 3. The molecule has 1 N–H and O–H groups in total. The SMILES string of the molecule is COC(=O)C(C)CCn1c(=O)n(C)c2ccc(Nc3ccnc(Cl)c3C#N)cc21. The summed E-state index contributed by atoms with van der Waals surface area (Å²) in [5, 5.41) is 12.6. The van der Waals surface area contributed by atoms with Crippen molar-refractivity contribution in [3.05, 3.63) is 51.7 Å². The quantitative estimate of drug-likeness (QED) is 0.491. The third kappa shape index (κ3) is 3.96. The molecule has 3 aromatic rings. The van der Waals surface area contributed by atoms with Crippen molar-refractivity contribution >= 4 is 40.0 Å². The number of pyridine rings is 1. The highest BCUT2D eigenvalue weighted by molar-refractivity contribution is 6.31. The van der Waals surface area contributed by atoms with E-state index in [0.29, 0.717) is 24.3 Å². The number of halogens is 1. The van der Waals surface area contributed by atoms with Crippen molar-refractivity contribution in [1.82, 2.24) is 14.1 Å². The van der Waals surface area contributed by atoms with Gasteiger partial charge in [-0.25, -0.2) is 9.78 Å². The average molecular weight is 414 g/mol. The van der Waals surface area contributed by atoms with Crippen molar-refractivity contribution in [1.29, 1.82) is 5.26 Å². The molecule has 0 aliphatic rings. The van der Waals surface area contributed by atoms with E-state index in [1.807, 2.05) is 24.3 Å². The minimum absolute atomic E-state index is 0.118. The van der Waals surface area contributed by atoms with Crippen molar-refractivity contribution < 1.29 is 9.53 Å². The number of benzene rings is 1. The number of fused-ring (bicyclic) bond motifs is 1. The third-order valence-corrected chi connectivity index (χ3v) is 5.12. The molecule has 2 aromatic heterocycles. The number of carbonyl (C=O) groups excluding carboxylic acids is 1. The second-order valence-electron chi connectivity index (χ2n) is 6.67. The molecule has 0 saturated heterocycles. The Labute approximate surface area is 172 Å². The van der Waals surface area contributed by atoms with Gasteiger partial charge in [-0.05, 0) is 30.7 Å². The molecule has 3 rings (SSSR count). The van der Waals surface area contributed by atoms with Gasteiger partial charge in [-0.15, -0.1) is 0 Å². The van der Waals surface area contributed by atoms with Gasteiger partial charge in [-0.3, -0.25) is 13.9 Å². The Hall–Kier alpha value is -3.31. The summed E-state index contributed by atoms with van der Waals surface area (Å²) in [6, 6.07) is 9.17. The predicted molar refractivity (Wildman–Crippen MR) is 110 cm³/mol. The van der Waals surface area contributed by atoms with Crippen LogP contribution in [0.2, 0.25) is 5.15 Å². The fourth-order valence-corrected chi connectivity index (χ4v) is 3.35. The van der Waals surface area contributed by atoms with Crippen molar-refractivity contribution in [2.24, 2.45) is 13.0 Å². The van der Waals surface area contributed by atoms with Crippen LogP contribution < -0.4 is 11.0 Å². The lowest BCUT2D eigenvalue weighted by molar-refractivity contribution is -0.145. The molecule has 0 aliphatic heterocycles. The van der Waals surface area contributed by atoms with Crippen molar-refractivity contribution in [3.8, 4) is 6.07 Å². The summed E-state index contributed by atoms with van der Waals surface area (Å²) < 4.78 is 7.95. The molecular formula is C20H20ClN5O3. The highest BCUT2D eigenvalue weighted by atomic mass is 35.5. The summed E-state index contributed by atoms with van der Waals surface area (Å²) in [5.74, 6) is -0.625. The summed E-state index contributed by atoms with van der Waals surface area (Å²) in [4.78, 5) is 28.2. The van der Waals surface area contributed by atoms with Gasteiger partial charge in [-0.1, -0.05) is 18.5 Å². The minimum atomic E-state index is -0.319. The normalized spacial score (nSPS) is 11.8. The molecule has 1 atom stereocenters. The summed E-state index contributed by atoms with van der Waals surface area (Å²) in [7, 11) is 3.05. The maximum atomic E-state index is 12.7. The van der Waals surface area contributed by atoms with Gasteiger partial charge < -0.3 is 10.1 Å². The molecule has 9 heteroatoms. The molecular weight excluding hydrogens is 394 g/mol. The van der Waals surface area contributed by atoms with Gasteiger partial charge in [0.2, 0.25) is 0 Å². The first-order valence-corrected chi connectivity index (χ1v) is 9.34. The first-order chi connectivity index (χ1) is 13.9. The molecule has 29 heavy (non-hydrogen) atoms. The number of ether oxygens (including phenoxy) is 1. The summed E-state index contributed by atoms with van der Waals surface area (Å²) >= 11 is 5.99. The van der Waals surface area contributed by atoms with E-state index in [4.69, 9.17) is 16.3 Å². The van der Waals surface area contributed by atoms with Gasteiger partial charge in [0.1, 0.15) is 16.8 Å². The number of rotatable bonds is 6. The van der Waals surface area contributed by atoms with E-state index < -0.39 is 0 Å². The Morgan fingerprint density at radius 2 is 2.14 bits per heavy atom. The predicted octanol–water partition coefficient (Wildman–Crippen LogP) is 3.20.